The maximum atomic E-state index is 11.4. The van der Waals surface area contributed by atoms with Gasteiger partial charge in [0.2, 0.25) is 0 Å². The van der Waals surface area contributed by atoms with Crippen LogP contribution < -0.4 is 5.43 Å². The summed E-state index contributed by atoms with van der Waals surface area (Å²) in [6, 6.07) is 18.3. The number of carbonyl (C=O) groups is 1. The third-order valence-electron chi connectivity index (χ3n) is 4.82. The molecule has 5 nitrogen and oxygen atoms in total. The van der Waals surface area contributed by atoms with Gasteiger partial charge in [-0.05, 0) is 30.0 Å². The first-order valence-corrected chi connectivity index (χ1v) is 9.47. The Morgan fingerprint density at radius 1 is 1.15 bits per heavy atom. The van der Waals surface area contributed by atoms with Crippen LogP contribution in [0.2, 0.25) is 0 Å². The molecule has 142 valence electrons. The van der Waals surface area contributed by atoms with Gasteiger partial charge < -0.3 is 10.1 Å². The summed E-state index contributed by atoms with van der Waals surface area (Å²) in [5.41, 5.74) is 6.95. The second-order valence-electron chi connectivity index (χ2n) is 6.80. The normalized spacial score (nSPS) is 12.5. The molecule has 3 N–H and O–H groups in total. The number of carboxylic acid groups (broad SMARTS) is 1. The standard InChI is InChI=1S/C22H27N3O2/c1-2-25(13-12-17-8-4-3-5-9-17)24-19(15-22(26)27)14-18-16-23-21-11-7-6-10-20(18)21/h3-11,16,19,23-24H,2,12-15H2,1H3,(H,26,27)/t19-/m1/s1. The molecule has 0 spiro atoms. The molecule has 0 fully saturated rings. The minimum atomic E-state index is -0.786. The molecular formula is C22H27N3O2. The molecule has 0 radical (unpaired) electrons. The van der Waals surface area contributed by atoms with E-state index in [9.17, 15) is 9.90 Å². The Morgan fingerprint density at radius 2 is 1.89 bits per heavy atom. The summed E-state index contributed by atoms with van der Waals surface area (Å²) in [4.78, 5) is 14.7. The van der Waals surface area contributed by atoms with Gasteiger partial charge in [-0.2, -0.15) is 0 Å². The van der Waals surface area contributed by atoms with Gasteiger partial charge in [-0.3, -0.25) is 10.2 Å². The van der Waals surface area contributed by atoms with Crippen molar-refractivity contribution in [3.8, 4) is 0 Å². The summed E-state index contributed by atoms with van der Waals surface area (Å²) in [6.07, 6.45) is 3.66. The lowest BCUT2D eigenvalue weighted by molar-refractivity contribution is -0.137. The van der Waals surface area contributed by atoms with Gasteiger partial charge >= 0.3 is 5.97 Å². The first-order chi connectivity index (χ1) is 13.2. The molecule has 0 saturated heterocycles. The molecule has 5 heteroatoms. The number of hydrogen-bond acceptors (Lipinski definition) is 3. The number of carboxylic acids is 1. The minimum absolute atomic E-state index is 0.0847. The average molecular weight is 365 g/mol. The number of H-pyrrole nitrogens is 1. The fraction of sp³-hybridized carbons (Fsp3) is 0.318. The zero-order chi connectivity index (χ0) is 19.1. The number of nitrogens with zero attached hydrogens (tertiary/aromatic N) is 1. The Morgan fingerprint density at radius 3 is 2.63 bits per heavy atom. The molecule has 1 aromatic heterocycles. The van der Waals surface area contributed by atoms with Gasteiger partial charge in [-0.1, -0.05) is 55.5 Å². The molecule has 27 heavy (non-hydrogen) atoms. The highest BCUT2D eigenvalue weighted by molar-refractivity contribution is 5.83. The van der Waals surface area contributed by atoms with E-state index in [1.165, 1.54) is 5.56 Å². The second kappa shape index (κ2) is 9.35. The van der Waals surface area contributed by atoms with Crippen molar-refractivity contribution in [2.75, 3.05) is 13.1 Å². The first-order valence-electron chi connectivity index (χ1n) is 9.47. The van der Waals surface area contributed by atoms with Crippen molar-refractivity contribution in [3.05, 3.63) is 71.9 Å². The Bertz CT molecular complexity index is 860. The summed E-state index contributed by atoms with van der Waals surface area (Å²) in [5, 5.41) is 12.6. The van der Waals surface area contributed by atoms with E-state index in [0.29, 0.717) is 6.42 Å². The first kappa shape index (κ1) is 19.1. The Kier molecular flexibility index (Phi) is 6.63. The van der Waals surface area contributed by atoms with Crippen LogP contribution in [0.1, 0.15) is 24.5 Å². The summed E-state index contributed by atoms with van der Waals surface area (Å²) < 4.78 is 0. The second-order valence-corrected chi connectivity index (χ2v) is 6.80. The molecule has 1 heterocycles. The van der Waals surface area contributed by atoms with Crippen molar-refractivity contribution < 1.29 is 9.90 Å². The fourth-order valence-corrected chi connectivity index (χ4v) is 3.42. The predicted octanol–water partition coefficient (Wildman–Crippen LogP) is 3.62. The molecule has 0 aliphatic heterocycles. The average Bonchev–Trinajstić information content (AvgIpc) is 3.08. The third-order valence-corrected chi connectivity index (χ3v) is 4.82. The van der Waals surface area contributed by atoms with Crippen molar-refractivity contribution in [2.45, 2.75) is 32.2 Å². The Labute approximate surface area is 160 Å². The van der Waals surface area contributed by atoms with Gasteiger partial charge in [0.05, 0.1) is 6.42 Å². The molecule has 0 aliphatic carbocycles. The van der Waals surface area contributed by atoms with E-state index >= 15 is 0 Å². The number of likely N-dealkylation sites (N-methyl/N-ethyl adjacent to an activating group) is 1. The maximum Gasteiger partial charge on any atom is 0.304 e. The lowest BCUT2D eigenvalue weighted by atomic mass is 10.0. The SMILES string of the molecule is CCN(CCc1ccccc1)N[C@@H](CC(=O)O)Cc1c[nH]c2ccccc12. The van der Waals surface area contributed by atoms with E-state index in [1.54, 1.807) is 0 Å². The molecule has 0 saturated carbocycles. The smallest absolute Gasteiger partial charge is 0.304 e. The number of nitrogens with one attached hydrogen (secondary N) is 2. The van der Waals surface area contributed by atoms with E-state index in [2.05, 4.69) is 40.5 Å². The molecule has 0 amide bonds. The molecule has 2 aromatic carbocycles. The Hall–Kier alpha value is -2.63. The third kappa shape index (κ3) is 5.42. The van der Waals surface area contributed by atoms with E-state index in [1.807, 2.05) is 42.6 Å². The molecule has 3 aromatic rings. The molecule has 0 unspecified atom stereocenters. The molecule has 0 bridgehead atoms. The van der Waals surface area contributed by atoms with Crippen LogP contribution >= 0.6 is 0 Å². The lowest BCUT2D eigenvalue weighted by Gasteiger charge is -2.27. The molecule has 3 rings (SSSR count). The highest BCUT2D eigenvalue weighted by Gasteiger charge is 2.18. The van der Waals surface area contributed by atoms with E-state index in [4.69, 9.17) is 0 Å². The topological polar surface area (TPSA) is 68.4 Å². The largest absolute Gasteiger partial charge is 0.481 e. The van der Waals surface area contributed by atoms with Gasteiger partial charge in [-0.25, -0.2) is 5.01 Å². The van der Waals surface area contributed by atoms with Crippen LogP contribution in [0.3, 0.4) is 0 Å². The summed E-state index contributed by atoms with van der Waals surface area (Å²) in [6.45, 7) is 3.74. The number of aromatic amines is 1. The number of benzene rings is 2. The van der Waals surface area contributed by atoms with Crippen LogP contribution in [-0.4, -0.2) is 40.2 Å². The van der Waals surface area contributed by atoms with Gasteiger partial charge in [0.1, 0.15) is 0 Å². The lowest BCUT2D eigenvalue weighted by Crippen LogP contribution is -2.47. The van der Waals surface area contributed by atoms with Gasteiger partial charge in [0.25, 0.3) is 0 Å². The summed E-state index contributed by atoms with van der Waals surface area (Å²) in [7, 11) is 0. The monoisotopic (exact) mass is 365 g/mol. The predicted molar refractivity (Wildman–Crippen MR) is 109 cm³/mol. The number of hydrogen-bond donors (Lipinski definition) is 3. The van der Waals surface area contributed by atoms with Crippen molar-refractivity contribution in [1.29, 1.82) is 0 Å². The van der Waals surface area contributed by atoms with Crippen molar-refractivity contribution in [1.82, 2.24) is 15.4 Å². The van der Waals surface area contributed by atoms with Crippen LogP contribution in [0, 0.1) is 0 Å². The van der Waals surface area contributed by atoms with Gasteiger partial charge in [0, 0.05) is 36.2 Å². The number of para-hydroxylation sites is 1. The quantitative estimate of drug-likeness (QED) is 0.480. The number of aliphatic carboxylic acids is 1. The van der Waals surface area contributed by atoms with Gasteiger partial charge in [-0.15, -0.1) is 0 Å². The zero-order valence-corrected chi connectivity index (χ0v) is 15.7. The number of fused-ring (bicyclic) bond motifs is 1. The van der Waals surface area contributed by atoms with Crippen molar-refractivity contribution in [3.63, 3.8) is 0 Å². The van der Waals surface area contributed by atoms with Crippen molar-refractivity contribution >= 4 is 16.9 Å². The van der Waals surface area contributed by atoms with Crippen molar-refractivity contribution in [2.24, 2.45) is 0 Å². The summed E-state index contributed by atoms with van der Waals surface area (Å²) in [5.74, 6) is -0.786. The van der Waals surface area contributed by atoms with Crippen LogP contribution in [-0.2, 0) is 17.6 Å². The van der Waals surface area contributed by atoms with Crippen LogP contribution in [0.15, 0.2) is 60.8 Å². The fourth-order valence-electron chi connectivity index (χ4n) is 3.42. The van der Waals surface area contributed by atoms with Crippen LogP contribution in [0.5, 0.6) is 0 Å². The minimum Gasteiger partial charge on any atom is -0.481 e. The van der Waals surface area contributed by atoms with E-state index in [-0.39, 0.29) is 12.5 Å². The van der Waals surface area contributed by atoms with Crippen LogP contribution in [0.4, 0.5) is 0 Å². The number of aromatic nitrogens is 1. The molecular weight excluding hydrogens is 338 g/mol. The van der Waals surface area contributed by atoms with Gasteiger partial charge in [0.15, 0.2) is 0 Å². The highest BCUT2D eigenvalue weighted by Crippen LogP contribution is 2.20. The van der Waals surface area contributed by atoms with E-state index in [0.717, 1.165) is 36.0 Å². The summed E-state index contributed by atoms with van der Waals surface area (Å²) >= 11 is 0. The maximum absolute atomic E-state index is 11.4. The van der Waals surface area contributed by atoms with Crippen LogP contribution in [0.25, 0.3) is 10.9 Å². The number of hydrazine groups is 1. The zero-order valence-electron chi connectivity index (χ0n) is 15.7. The molecule has 1 atom stereocenters. The highest BCUT2D eigenvalue weighted by atomic mass is 16.4. The molecule has 0 aliphatic rings. The number of rotatable bonds is 10. The van der Waals surface area contributed by atoms with E-state index < -0.39 is 5.97 Å². The Balaban J connectivity index is 1.66.